The first-order valence-electron chi connectivity index (χ1n) is 11.8. The summed E-state index contributed by atoms with van der Waals surface area (Å²) in [5.41, 5.74) is -2.26. The van der Waals surface area contributed by atoms with Crippen LogP contribution in [0.15, 0.2) is 78.3 Å². The molecular formula is C23H20N4O14S4. The highest BCUT2D eigenvalue weighted by molar-refractivity contribution is 7.87. The molecule has 22 heteroatoms. The van der Waals surface area contributed by atoms with Crippen LogP contribution in [-0.4, -0.2) is 76.5 Å². The Bertz CT molecular complexity index is 2390. The van der Waals surface area contributed by atoms with Crippen LogP contribution >= 0.6 is 0 Å². The van der Waals surface area contributed by atoms with Crippen molar-refractivity contribution in [3.63, 3.8) is 0 Å². The molecule has 45 heavy (non-hydrogen) atoms. The number of fused-ring (bicyclic) bond motifs is 2. The van der Waals surface area contributed by atoms with Crippen LogP contribution < -0.4 is 10.6 Å². The molecule has 4 aromatic rings. The number of aromatic hydroxyl groups is 1. The van der Waals surface area contributed by atoms with Crippen molar-refractivity contribution in [2.24, 2.45) is 10.2 Å². The van der Waals surface area contributed by atoms with Gasteiger partial charge in [-0.2, -0.15) is 33.7 Å². The zero-order valence-electron chi connectivity index (χ0n) is 22.3. The van der Waals surface area contributed by atoms with E-state index in [1.165, 1.54) is 7.05 Å². The predicted molar refractivity (Wildman–Crippen MR) is 156 cm³/mol. The Kier molecular flexibility index (Phi) is 8.75. The van der Waals surface area contributed by atoms with E-state index in [2.05, 4.69) is 20.9 Å². The van der Waals surface area contributed by atoms with Gasteiger partial charge in [-0.05, 0) is 42.8 Å². The summed E-state index contributed by atoms with van der Waals surface area (Å²) in [6.45, 7) is -0.326. The lowest BCUT2D eigenvalue weighted by molar-refractivity contribution is -0.115. The van der Waals surface area contributed by atoms with Gasteiger partial charge in [0.25, 0.3) is 40.5 Å². The molecule has 0 fully saturated rings. The second kappa shape index (κ2) is 11.7. The van der Waals surface area contributed by atoms with Crippen LogP contribution in [0.1, 0.15) is 0 Å². The first-order valence-corrected chi connectivity index (χ1v) is 17.6. The number of carbonyl (C=O) groups is 1. The van der Waals surface area contributed by atoms with Gasteiger partial charge in [0.1, 0.15) is 26.1 Å². The number of anilines is 1. The molecule has 0 radical (unpaired) electrons. The third-order valence-corrected chi connectivity index (χ3v) is 9.61. The van der Waals surface area contributed by atoms with E-state index in [1.807, 2.05) is 0 Å². The van der Waals surface area contributed by atoms with E-state index in [0.717, 1.165) is 36.4 Å². The van der Waals surface area contributed by atoms with Gasteiger partial charge in [0.05, 0.1) is 17.1 Å². The number of carbonyl (C=O) groups excluding carboxylic acids is 1. The maximum absolute atomic E-state index is 12.4. The minimum Gasteiger partial charge on any atom is -0.505 e. The molecule has 0 unspecified atom stereocenters. The van der Waals surface area contributed by atoms with Gasteiger partial charge < -0.3 is 15.7 Å². The Labute approximate surface area is 254 Å². The summed E-state index contributed by atoms with van der Waals surface area (Å²) in [4.78, 5) is 8.49. The maximum Gasteiger partial charge on any atom is 0.297 e. The largest absolute Gasteiger partial charge is 0.505 e. The highest BCUT2D eigenvalue weighted by Gasteiger charge is 2.27. The number of amides is 1. The van der Waals surface area contributed by atoms with E-state index in [4.69, 9.17) is 0 Å². The molecule has 0 spiro atoms. The Morgan fingerprint density at radius 2 is 1.40 bits per heavy atom. The van der Waals surface area contributed by atoms with E-state index in [-0.39, 0.29) is 11.9 Å². The van der Waals surface area contributed by atoms with E-state index in [0.29, 0.717) is 12.1 Å². The normalized spacial score (nSPS) is 13.1. The van der Waals surface area contributed by atoms with E-state index < -0.39 is 105 Å². The van der Waals surface area contributed by atoms with Crippen molar-refractivity contribution >= 4 is 85.0 Å². The fourth-order valence-electron chi connectivity index (χ4n) is 4.32. The molecule has 0 atom stereocenters. The number of nitrogens with one attached hydrogen (secondary N) is 2. The topological polar surface area (TPSA) is 304 Å². The minimum absolute atomic E-state index is 0.326. The standard InChI is InChI=1S/C23H20N4O14S4/c1-24-10-19(28)25-16-9-12(42(30,31)32)7-11-8-18(44(36,37)38)21(22(29)20(11)16)27-26-15-6-5-13-14(23(15)45(39,40)41)3-2-4-17(13)43(33,34)35/h2-9,24,29H,10H2,1H3,(H,25,28)(H,30,31,32)(H,33,34,35)(H,36,37,38)(H,39,40,41). The lowest BCUT2D eigenvalue weighted by Gasteiger charge is -2.15. The molecule has 0 heterocycles. The summed E-state index contributed by atoms with van der Waals surface area (Å²) in [6, 6.07) is 6.90. The van der Waals surface area contributed by atoms with Crippen LogP contribution in [0.4, 0.5) is 17.1 Å². The van der Waals surface area contributed by atoms with Gasteiger partial charge in [-0.3, -0.25) is 23.0 Å². The Hall–Kier alpha value is -4.13. The second-order valence-corrected chi connectivity index (χ2v) is 14.6. The molecule has 0 saturated carbocycles. The Morgan fingerprint density at radius 3 is 1.96 bits per heavy atom. The van der Waals surface area contributed by atoms with Crippen molar-refractivity contribution in [3.8, 4) is 5.75 Å². The summed E-state index contributed by atoms with van der Waals surface area (Å²) in [7, 11) is -19.0. The van der Waals surface area contributed by atoms with E-state index in [9.17, 15) is 61.8 Å². The molecule has 0 aromatic heterocycles. The number of phenolic OH excluding ortho intramolecular Hbond substituents is 1. The van der Waals surface area contributed by atoms with Gasteiger partial charge in [-0.15, -0.1) is 10.2 Å². The van der Waals surface area contributed by atoms with Crippen molar-refractivity contribution in [1.82, 2.24) is 5.32 Å². The highest BCUT2D eigenvalue weighted by Crippen LogP contribution is 2.46. The van der Waals surface area contributed by atoms with Crippen molar-refractivity contribution < 1.29 is 61.8 Å². The summed E-state index contributed by atoms with van der Waals surface area (Å²) in [6.07, 6.45) is 0. The quantitative estimate of drug-likeness (QED) is 0.0971. The minimum atomic E-state index is -5.32. The summed E-state index contributed by atoms with van der Waals surface area (Å²) in [5, 5.41) is 21.4. The molecule has 0 bridgehead atoms. The molecule has 4 aromatic carbocycles. The van der Waals surface area contributed by atoms with Gasteiger partial charge in [-0.25, -0.2) is 0 Å². The van der Waals surface area contributed by atoms with Crippen LogP contribution in [0.2, 0.25) is 0 Å². The number of hydrogen-bond acceptors (Lipinski definition) is 13. The van der Waals surface area contributed by atoms with E-state index >= 15 is 0 Å². The van der Waals surface area contributed by atoms with Gasteiger partial charge in [0.2, 0.25) is 5.91 Å². The Morgan fingerprint density at radius 1 is 0.756 bits per heavy atom. The molecule has 0 aliphatic rings. The van der Waals surface area contributed by atoms with Crippen molar-refractivity contribution in [1.29, 1.82) is 0 Å². The number of benzene rings is 4. The fourth-order valence-corrected chi connectivity index (χ4v) is 7.06. The number of rotatable bonds is 9. The number of likely N-dealkylation sites (N-methyl/N-ethyl adjacent to an activating group) is 1. The van der Waals surface area contributed by atoms with Crippen molar-refractivity contribution in [2.45, 2.75) is 19.6 Å². The number of nitrogens with zero attached hydrogens (tertiary/aromatic N) is 2. The fraction of sp³-hybridized carbons (Fsp3) is 0.0870. The summed E-state index contributed by atoms with van der Waals surface area (Å²) < 4.78 is 136. The number of azo groups is 1. The average molecular weight is 705 g/mol. The second-order valence-electron chi connectivity index (χ2n) is 9.08. The van der Waals surface area contributed by atoms with Crippen molar-refractivity contribution in [3.05, 3.63) is 48.5 Å². The maximum atomic E-state index is 12.4. The van der Waals surface area contributed by atoms with Crippen LogP contribution in [0.5, 0.6) is 5.75 Å². The first kappa shape index (κ1) is 33.8. The molecule has 0 saturated heterocycles. The smallest absolute Gasteiger partial charge is 0.297 e. The molecule has 18 nitrogen and oxygen atoms in total. The van der Waals surface area contributed by atoms with Crippen LogP contribution in [0.25, 0.3) is 21.5 Å². The average Bonchev–Trinajstić information content (AvgIpc) is 2.89. The van der Waals surface area contributed by atoms with Gasteiger partial charge in [0, 0.05) is 16.2 Å². The van der Waals surface area contributed by atoms with Crippen LogP contribution in [0, 0.1) is 0 Å². The number of phenols is 1. The van der Waals surface area contributed by atoms with Gasteiger partial charge >= 0.3 is 0 Å². The molecule has 1 amide bonds. The third kappa shape index (κ3) is 6.92. The monoisotopic (exact) mass is 704 g/mol. The summed E-state index contributed by atoms with van der Waals surface area (Å²) >= 11 is 0. The van der Waals surface area contributed by atoms with Crippen molar-refractivity contribution in [2.75, 3.05) is 18.9 Å². The third-order valence-electron chi connectivity index (χ3n) is 6.06. The predicted octanol–water partition coefficient (Wildman–Crippen LogP) is 2.26. The van der Waals surface area contributed by atoms with Crippen LogP contribution in [-0.2, 0) is 45.3 Å². The summed E-state index contributed by atoms with van der Waals surface area (Å²) in [5.74, 6) is -1.92. The first-order chi connectivity index (χ1) is 20.6. The zero-order chi connectivity index (χ0) is 33.7. The highest BCUT2D eigenvalue weighted by atomic mass is 32.2. The van der Waals surface area contributed by atoms with E-state index in [1.54, 1.807) is 0 Å². The molecular weight excluding hydrogens is 685 g/mol. The lowest BCUT2D eigenvalue weighted by atomic mass is 10.1. The van der Waals surface area contributed by atoms with Gasteiger partial charge in [-0.1, -0.05) is 18.2 Å². The van der Waals surface area contributed by atoms with Gasteiger partial charge in [0.15, 0.2) is 5.75 Å². The molecule has 240 valence electrons. The molecule has 4 rings (SSSR count). The SMILES string of the molecule is CNCC(=O)Nc1cc(S(=O)(=O)O)cc2cc(S(=O)(=O)O)c(N=Nc3ccc4c(S(=O)(=O)O)cccc4c3S(=O)(=O)O)c(O)c12. The lowest BCUT2D eigenvalue weighted by Crippen LogP contribution is -2.25. The molecule has 0 aliphatic heterocycles. The molecule has 7 N–H and O–H groups in total. The molecule has 0 aliphatic carbocycles. The number of hydrogen-bond donors (Lipinski definition) is 7. The van der Waals surface area contributed by atoms with Crippen LogP contribution in [0.3, 0.4) is 0 Å². The Balaban J connectivity index is 2.08. The zero-order valence-corrected chi connectivity index (χ0v) is 25.5.